The second kappa shape index (κ2) is 5.03. The van der Waals surface area contributed by atoms with Crippen molar-refractivity contribution in [3.8, 4) is 0 Å². The maximum absolute atomic E-state index is 11.4. The van der Waals surface area contributed by atoms with Crippen molar-refractivity contribution >= 4 is 11.9 Å². The minimum Gasteiger partial charge on any atom is -0.444 e. The molecular formula is C10H16N4O4. The third-order valence-electron chi connectivity index (χ3n) is 1.94. The van der Waals surface area contributed by atoms with Crippen LogP contribution < -0.4 is 5.32 Å². The second-order valence-electron chi connectivity index (χ2n) is 4.74. The highest BCUT2D eigenvalue weighted by Crippen LogP contribution is 2.10. The molecule has 0 fully saturated rings. The van der Waals surface area contributed by atoms with Gasteiger partial charge in [0.2, 0.25) is 5.82 Å². The smallest absolute Gasteiger partial charge is 0.408 e. The van der Waals surface area contributed by atoms with E-state index in [1.807, 2.05) is 0 Å². The fourth-order valence-corrected chi connectivity index (χ4v) is 1.21. The number of aryl methyl sites for hydroxylation is 1. The summed E-state index contributed by atoms with van der Waals surface area (Å²) in [5.74, 6) is 0.131. The van der Waals surface area contributed by atoms with Crippen LogP contribution >= 0.6 is 0 Å². The quantitative estimate of drug-likeness (QED) is 0.650. The number of carbonyl (C=O) groups excluding carboxylic acids is 1. The summed E-state index contributed by atoms with van der Waals surface area (Å²) >= 11 is 0. The molecule has 1 aromatic rings. The van der Waals surface area contributed by atoms with Crippen molar-refractivity contribution in [1.29, 1.82) is 0 Å². The number of amides is 1. The molecule has 0 saturated heterocycles. The summed E-state index contributed by atoms with van der Waals surface area (Å²) in [5, 5.41) is 13.0. The Balaban J connectivity index is 2.59. The van der Waals surface area contributed by atoms with Gasteiger partial charge in [-0.05, 0) is 30.7 Å². The van der Waals surface area contributed by atoms with Gasteiger partial charge in [0.15, 0.2) is 0 Å². The molecule has 8 heteroatoms. The Morgan fingerprint density at radius 1 is 1.61 bits per heavy atom. The average molecular weight is 256 g/mol. The van der Waals surface area contributed by atoms with Gasteiger partial charge in [0.05, 0.1) is 0 Å². The van der Waals surface area contributed by atoms with Crippen molar-refractivity contribution in [1.82, 2.24) is 14.9 Å². The summed E-state index contributed by atoms with van der Waals surface area (Å²) in [6.07, 6.45) is 0.694. The first kappa shape index (κ1) is 13.9. The molecule has 1 aromatic heterocycles. The summed E-state index contributed by atoms with van der Waals surface area (Å²) < 4.78 is 6.51. The molecule has 0 saturated carbocycles. The molecule has 0 aromatic carbocycles. The van der Waals surface area contributed by atoms with Crippen LogP contribution in [-0.4, -0.2) is 26.2 Å². The standard InChI is InChI=1S/C10H16N4O4/c1-10(2,3)18-9(15)11-5-7-12-8(14(16)17)6-13(7)4/h6H,5H2,1-4H3,(H,11,15). The van der Waals surface area contributed by atoms with Crippen LogP contribution in [0, 0.1) is 10.1 Å². The number of imidazole rings is 1. The van der Waals surface area contributed by atoms with E-state index < -0.39 is 16.6 Å². The molecule has 18 heavy (non-hydrogen) atoms. The third-order valence-corrected chi connectivity index (χ3v) is 1.94. The zero-order valence-electron chi connectivity index (χ0n) is 10.8. The maximum atomic E-state index is 11.4. The van der Waals surface area contributed by atoms with E-state index >= 15 is 0 Å². The number of nitrogens with one attached hydrogen (secondary N) is 1. The lowest BCUT2D eigenvalue weighted by molar-refractivity contribution is -0.389. The highest BCUT2D eigenvalue weighted by Gasteiger charge is 2.19. The van der Waals surface area contributed by atoms with Gasteiger partial charge in [0.25, 0.3) is 0 Å². The van der Waals surface area contributed by atoms with Crippen molar-refractivity contribution in [3.63, 3.8) is 0 Å². The lowest BCUT2D eigenvalue weighted by Crippen LogP contribution is -2.32. The molecule has 8 nitrogen and oxygen atoms in total. The van der Waals surface area contributed by atoms with Gasteiger partial charge in [-0.2, -0.15) is 0 Å². The number of ether oxygens (including phenoxy) is 1. The molecule has 0 spiro atoms. The Morgan fingerprint density at radius 2 is 2.22 bits per heavy atom. The molecule has 0 radical (unpaired) electrons. The third kappa shape index (κ3) is 4.04. The molecule has 0 bridgehead atoms. The molecule has 100 valence electrons. The van der Waals surface area contributed by atoms with Crippen LogP contribution in [0.5, 0.6) is 0 Å². The first-order valence-corrected chi connectivity index (χ1v) is 5.32. The number of nitrogens with zero attached hydrogens (tertiary/aromatic N) is 3. The monoisotopic (exact) mass is 256 g/mol. The van der Waals surface area contributed by atoms with E-state index in [1.54, 1.807) is 27.8 Å². The van der Waals surface area contributed by atoms with E-state index in [4.69, 9.17) is 4.74 Å². The largest absolute Gasteiger partial charge is 0.444 e. The van der Waals surface area contributed by atoms with Gasteiger partial charge < -0.3 is 24.7 Å². The molecule has 1 heterocycles. The minimum atomic E-state index is -0.590. The Bertz CT molecular complexity index is 461. The highest BCUT2D eigenvalue weighted by molar-refractivity contribution is 5.67. The summed E-state index contributed by atoms with van der Waals surface area (Å²) in [6.45, 7) is 5.31. The Hall–Kier alpha value is -2.12. The summed E-state index contributed by atoms with van der Waals surface area (Å²) in [7, 11) is 1.62. The van der Waals surface area contributed by atoms with Crippen molar-refractivity contribution < 1.29 is 14.5 Å². The van der Waals surface area contributed by atoms with Crippen LogP contribution in [0.1, 0.15) is 26.6 Å². The van der Waals surface area contributed by atoms with E-state index in [-0.39, 0.29) is 12.4 Å². The zero-order chi connectivity index (χ0) is 13.9. The number of alkyl carbamates (subject to hydrolysis) is 1. The lowest BCUT2D eigenvalue weighted by Gasteiger charge is -2.19. The van der Waals surface area contributed by atoms with Gasteiger partial charge in [-0.15, -0.1) is 0 Å². The Labute approximate surface area is 104 Å². The topological polar surface area (TPSA) is 99.3 Å². The molecule has 0 atom stereocenters. The van der Waals surface area contributed by atoms with Gasteiger partial charge in [0.1, 0.15) is 18.3 Å². The van der Waals surface area contributed by atoms with Crippen LogP contribution in [-0.2, 0) is 18.3 Å². The van der Waals surface area contributed by atoms with E-state index in [9.17, 15) is 14.9 Å². The molecule has 0 aliphatic rings. The van der Waals surface area contributed by atoms with E-state index in [2.05, 4.69) is 10.3 Å². The van der Waals surface area contributed by atoms with Gasteiger partial charge in [-0.3, -0.25) is 0 Å². The summed E-state index contributed by atoms with van der Waals surface area (Å²) in [6, 6.07) is 0. The number of hydrogen-bond donors (Lipinski definition) is 1. The average Bonchev–Trinajstić information content (AvgIpc) is 2.54. The van der Waals surface area contributed by atoms with Gasteiger partial charge in [-0.1, -0.05) is 0 Å². The number of nitro groups is 1. The van der Waals surface area contributed by atoms with Crippen LogP contribution in [0.3, 0.4) is 0 Å². The van der Waals surface area contributed by atoms with Gasteiger partial charge in [-0.25, -0.2) is 4.79 Å². The summed E-state index contributed by atoms with van der Waals surface area (Å²) in [5.41, 5.74) is -0.586. The molecule has 1 amide bonds. The maximum Gasteiger partial charge on any atom is 0.408 e. The van der Waals surface area contributed by atoms with Crippen molar-refractivity contribution in [2.45, 2.75) is 32.9 Å². The molecule has 1 rings (SSSR count). The van der Waals surface area contributed by atoms with Crippen molar-refractivity contribution in [2.24, 2.45) is 7.05 Å². The SMILES string of the molecule is Cn1cc([N+](=O)[O-])nc1CNC(=O)OC(C)(C)C. The Kier molecular flexibility index (Phi) is 3.89. The van der Waals surface area contributed by atoms with E-state index in [0.717, 1.165) is 0 Å². The first-order valence-electron chi connectivity index (χ1n) is 5.32. The summed E-state index contributed by atoms with van der Waals surface area (Å²) in [4.78, 5) is 25.1. The number of hydrogen-bond acceptors (Lipinski definition) is 5. The van der Waals surface area contributed by atoms with Crippen LogP contribution in [0.2, 0.25) is 0 Å². The molecule has 0 unspecified atom stereocenters. The number of carbonyl (C=O) groups is 1. The predicted molar refractivity (Wildman–Crippen MR) is 62.9 cm³/mol. The molecular weight excluding hydrogens is 240 g/mol. The predicted octanol–water partition coefficient (Wildman–Crippen LogP) is 1.35. The van der Waals surface area contributed by atoms with Crippen LogP contribution in [0.4, 0.5) is 10.6 Å². The van der Waals surface area contributed by atoms with E-state index in [0.29, 0.717) is 5.82 Å². The van der Waals surface area contributed by atoms with Crippen molar-refractivity contribution in [2.75, 3.05) is 0 Å². The lowest BCUT2D eigenvalue weighted by atomic mass is 10.2. The highest BCUT2D eigenvalue weighted by atomic mass is 16.6. The Morgan fingerprint density at radius 3 is 2.67 bits per heavy atom. The van der Waals surface area contributed by atoms with Crippen LogP contribution in [0.15, 0.2) is 6.20 Å². The van der Waals surface area contributed by atoms with Gasteiger partial charge >= 0.3 is 11.9 Å². The minimum absolute atomic E-state index is 0.0687. The molecule has 1 N–H and O–H groups in total. The number of rotatable bonds is 3. The normalized spacial score (nSPS) is 11.1. The fourth-order valence-electron chi connectivity index (χ4n) is 1.21. The van der Waals surface area contributed by atoms with Crippen molar-refractivity contribution in [3.05, 3.63) is 22.1 Å². The number of aromatic nitrogens is 2. The van der Waals surface area contributed by atoms with Crippen LogP contribution in [0.25, 0.3) is 0 Å². The fraction of sp³-hybridized carbons (Fsp3) is 0.600. The zero-order valence-corrected chi connectivity index (χ0v) is 10.8. The molecule has 0 aliphatic heterocycles. The molecule has 0 aliphatic carbocycles. The van der Waals surface area contributed by atoms with E-state index in [1.165, 1.54) is 10.8 Å². The van der Waals surface area contributed by atoms with Gasteiger partial charge in [0, 0.05) is 7.05 Å². The first-order chi connectivity index (χ1) is 8.19. The second-order valence-corrected chi connectivity index (χ2v) is 4.74.